The fourth-order valence-electron chi connectivity index (χ4n) is 1.65. The molecule has 0 aromatic heterocycles. The maximum atomic E-state index is 11.5. The molecule has 5 heteroatoms. The molecule has 1 aliphatic heterocycles. The molecule has 80 valence electrons. The van der Waals surface area contributed by atoms with Gasteiger partial charge in [-0.2, -0.15) is 0 Å². The van der Waals surface area contributed by atoms with Crippen molar-refractivity contribution in [3.63, 3.8) is 0 Å². The number of rotatable bonds is 2. The Morgan fingerprint density at radius 1 is 1.50 bits per heavy atom. The fourth-order valence-corrected chi connectivity index (χ4v) is 1.65. The summed E-state index contributed by atoms with van der Waals surface area (Å²) in [5.41, 5.74) is 5.44. The number of carbonyl (C=O) groups excluding carboxylic acids is 1. The third-order valence-corrected chi connectivity index (χ3v) is 2.55. The Morgan fingerprint density at radius 2 is 2.21 bits per heavy atom. The Bertz CT molecular complexity index is 230. The van der Waals surface area contributed by atoms with Crippen molar-refractivity contribution in [3.8, 4) is 0 Å². The molecule has 1 aliphatic rings. The summed E-state index contributed by atoms with van der Waals surface area (Å²) < 4.78 is 0. The van der Waals surface area contributed by atoms with Crippen molar-refractivity contribution in [2.45, 2.75) is 31.7 Å². The van der Waals surface area contributed by atoms with Crippen LogP contribution < -0.4 is 11.1 Å². The molecular formula is C9H16N2O3. The van der Waals surface area contributed by atoms with Gasteiger partial charge in [0.15, 0.2) is 0 Å². The fraction of sp³-hybridized carbons (Fsp3) is 0.778. The first-order valence-corrected chi connectivity index (χ1v) is 4.89. The Kier molecular flexibility index (Phi) is 3.88. The molecule has 0 aromatic rings. The van der Waals surface area contributed by atoms with Gasteiger partial charge >= 0.3 is 5.97 Å². The number of nitrogens with one attached hydrogen (secondary N) is 1. The zero-order valence-electron chi connectivity index (χ0n) is 8.03. The second-order valence-corrected chi connectivity index (χ2v) is 3.61. The minimum Gasteiger partial charge on any atom is -0.480 e. The number of hydrogen-bond acceptors (Lipinski definition) is 3. The van der Waals surface area contributed by atoms with E-state index in [4.69, 9.17) is 10.8 Å². The van der Waals surface area contributed by atoms with E-state index >= 15 is 0 Å². The third kappa shape index (κ3) is 2.70. The monoisotopic (exact) mass is 200 g/mol. The average molecular weight is 200 g/mol. The van der Waals surface area contributed by atoms with E-state index < -0.39 is 17.9 Å². The van der Waals surface area contributed by atoms with Gasteiger partial charge in [0.2, 0.25) is 5.91 Å². The van der Waals surface area contributed by atoms with E-state index in [1.165, 1.54) is 0 Å². The van der Waals surface area contributed by atoms with Gasteiger partial charge < -0.3 is 16.2 Å². The van der Waals surface area contributed by atoms with Crippen molar-refractivity contribution < 1.29 is 14.7 Å². The third-order valence-electron chi connectivity index (χ3n) is 2.55. The second-order valence-electron chi connectivity index (χ2n) is 3.61. The van der Waals surface area contributed by atoms with Gasteiger partial charge in [0, 0.05) is 6.54 Å². The summed E-state index contributed by atoms with van der Waals surface area (Å²) in [4.78, 5) is 22.1. The van der Waals surface area contributed by atoms with Crippen molar-refractivity contribution in [2.75, 3.05) is 6.54 Å². The van der Waals surface area contributed by atoms with Crippen LogP contribution in [0.2, 0.25) is 0 Å². The van der Waals surface area contributed by atoms with Crippen LogP contribution in [0.1, 0.15) is 25.7 Å². The van der Waals surface area contributed by atoms with E-state index in [1.807, 2.05) is 0 Å². The second kappa shape index (κ2) is 4.95. The molecule has 0 saturated carbocycles. The highest BCUT2D eigenvalue weighted by molar-refractivity contribution is 5.86. The predicted molar refractivity (Wildman–Crippen MR) is 50.6 cm³/mol. The summed E-state index contributed by atoms with van der Waals surface area (Å²) in [6.45, 7) is 0.627. The Balaban J connectivity index is 2.61. The largest absolute Gasteiger partial charge is 0.480 e. The number of hydrogen-bond donors (Lipinski definition) is 3. The molecule has 4 N–H and O–H groups in total. The molecule has 1 fully saturated rings. The van der Waals surface area contributed by atoms with Gasteiger partial charge in [-0.15, -0.1) is 0 Å². The smallest absolute Gasteiger partial charge is 0.321 e. The standard InChI is InChI=1S/C9H16N2O3/c10-7(9(13)14)6-4-2-1-3-5-11-8(6)12/h6-7H,1-5,10H2,(H,11,12)(H,13,14). The van der Waals surface area contributed by atoms with E-state index in [-0.39, 0.29) is 5.91 Å². The lowest BCUT2D eigenvalue weighted by Crippen LogP contribution is -2.47. The highest BCUT2D eigenvalue weighted by Gasteiger charge is 2.30. The zero-order chi connectivity index (χ0) is 10.6. The van der Waals surface area contributed by atoms with Crippen LogP contribution in [0, 0.1) is 5.92 Å². The van der Waals surface area contributed by atoms with Gasteiger partial charge in [0.05, 0.1) is 5.92 Å². The van der Waals surface area contributed by atoms with Gasteiger partial charge in [-0.3, -0.25) is 9.59 Å². The molecule has 1 amide bonds. The minimum absolute atomic E-state index is 0.223. The van der Waals surface area contributed by atoms with E-state index in [1.54, 1.807) is 0 Å². The van der Waals surface area contributed by atoms with Gasteiger partial charge in [-0.1, -0.05) is 12.8 Å². The summed E-state index contributed by atoms with van der Waals surface area (Å²) in [5, 5.41) is 11.4. The predicted octanol–water partition coefficient (Wildman–Crippen LogP) is -0.295. The zero-order valence-corrected chi connectivity index (χ0v) is 8.03. The van der Waals surface area contributed by atoms with Crippen LogP contribution in [0.3, 0.4) is 0 Å². The van der Waals surface area contributed by atoms with E-state index in [9.17, 15) is 9.59 Å². The summed E-state index contributed by atoms with van der Waals surface area (Å²) in [5.74, 6) is -1.90. The SMILES string of the molecule is NC(C(=O)O)C1CCCCCNC1=O. The number of amides is 1. The normalized spacial score (nSPS) is 25.8. The van der Waals surface area contributed by atoms with Crippen molar-refractivity contribution in [1.82, 2.24) is 5.32 Å². The molecule has 5 nitrogen and oxygen atoms in total. The molecule has 2 atom stereocenters. The van der Waals surface area contributed by atoms with Crippen molar-refractivity contribution in [1.29, 1.82) is 0 Å². The van der Waals surface area contributed by atoms with Crippen molar-refractivity contribution >= 4 is 11.9 Å². The first kappa shape index (κ1) is 11.0. The minimum atomic E-state index is -1.11. The first-order chi connectivity index (χ1) is 6.63. The summed E-state index contributed by atoms with van der Waals surface area (Å²) in [6.07, 6.45) is 3.42. The molecule has 2 unspecified atom stereocenters. The Labute approximate surface area is 82.7 Å². The van der Waals surface area contributed by atoms with Crippen LogP contribution in [-0.2, 0) is 9.59 Å². The summed E-state index contributed by atoms with van der Waals surface area (Å²) in [7, 11) is 0. The van der Waals surface area contributed by atoms with Crippen LogP contribution in [0.25, 0.3) is 0 Å². The number of carboxylic acid groups (broad SMARTS) is 1. The maximum Gasteiger partial charge on any atom is 0.321 e. The Hall–Kier alpha value is -1.10. The van der Waals surface area contributed by atoms with Crippen molar-refractivity contribution in [3.05, 3.63) is 0 Å². The van der Waals surface area contributed by atoms with E-state index in [2.05, 4.69) is 5.32 Å². The van der Waals surface area contributed by atoms with Crippen LogP contribution in [0.5, 0.6) is 0 Å². The molecule has 1 rings (SSSR count). The van der Waals surface area contributed by atoms with Crippen LogP contribution in [0.4, 0.5) is 0 Å². The number of nitrogens with two attached hydrogens (primary N) is 1. The molecular weight excluding hydrogens is 184 g/mol. The summed E-state index contributed by atoms with van der Waals surface area (Å²) >= 11 is 0. The molecule has 0 aliphatic carbocycles. The average Bonchev–Trinajstić information content (AvgIpc) is 2.11. The quantitative estimate of drug-likeness (QED) is 0.571. The lowest BCUT2D eigenvalue weighted by Gasteiger charge is -2.22. The Morgan fingerprint density at radius 3 is 2.86 bits per heavy atom. The van der Waals surface area contributed by atoms with Crippen molar-refractivity contribution in [2.24, 2.45) is 11.7 Å². The molecule has 1 saturated heterocycles. The molecule has 1 heterocycles. The topological polar surface area (TPSA) is 92.4 Å². The van der Waals surface area contributed by atoms with Crippen LogP contribution in [-0.4, -0.2) is 29.6 Å². The van der Waals surface area contributed by atoms with Gasteiger partial charge in [-0.25, -0.2) is 0 Å². The number of carboxylic acids is 1. The van der Waals surface area contributed by atoms with E-state index in [0.29, 0.717) is 13.0 Å². The highest BCUT2D eigenvalue weighted by Crippen LogP contribution is 2.15. The number of carbonyl (C=O) groups is 2. The molecule has 0 aromatic carbocycles. The summed E-state index contributed by atoms with van der Waals surface area (Å²) in [6, 6.07) is -1.08. The molecule has 0 radical (unpaired) electrons. The first-order valence-electron chi connectivity index (χ1n) is 4.89. The van der Waals surface area contributed by atoms with Crippen LogP contribution in [0.15, 0.2) is 0 Å². The lowest BCUT2D eigenvalue weighted by atomic mass is 9.91. The van der Waals surface area contributed by atoms with Gasteiger partial charge in [-0.05, 0) is 12.8 Å². The van der Waals surface area contributed by atoms with Gasteiger partial charge in [0.25, 0.3) is 0 Å². The van der Waals surface area contributed by atoms with E-state index in [0.717, 1.165) is 19.3 Å². The molecule has 0 bridgehead atoms. The van der Waals surface area contributed by atoms with Crippen LogP contribution >= 0.6 is 0 Å². The maximum absolute atomic E-state index is 11.5. The highest BCUT2D eigenvalue weighted by atomic mass is 16.4. The molecule has 14 heavy (non-hydrogen) atoms. The molecule has 0 spiro atoms. The number of aliphatic carboxylic acids is 1. The van der Waals surface area contributed by atoms with Gasteiger partial charge in [0.1, 0.15) is 6.04 Å². The lowest BCUT2D eigenvalue weighted by molar-refractivity contribution is -0.143.